The summed E-state index contributed by atoms with van der Waals surface area (Å²) in [6.07, 6.45) is -3.27. The number of nitrogens with zero attached hydrogens (tertiary/aromatic N) is 2. The van der Waals surface area contributed by atoms with Crippen molar-refractivity contribution in [3.8, 4) is 11.6 Å². The van der Waals surface area contributed by atoms with Crippen molar-refractivity contribution in [3.05, 3.63) is 66.0 Å². The molecule has 0 unspecified atom stereocenters. The van der Waals surface area contributed by atoms with Gasteiger partial charge in [-0.1, -0.05) is 6.07 Å². The molecule has 3 amide bonds. The van der Waals surface area contributed by atoms with Crippen LogP contribution in [0.5, 0.6) is 11.6 Å². The number of ether oxygens (including phenoxy) is 1. The molecule has 0 aliphatic carbocycles. The lowest BCUT2D eigenvalue weighted by Crippen LogP contribution is -2.32. The Morgan fingerprint density at radius 2 is 1.65 bits per heavy atom. The van der Waals surface area contributed by atoms with E-state index in [1.165, 1.54) is 31.5 Å². The zero-order valence-corrected chi connectivity index (χ0v) is 18.1. The molecular weight excluding hydrogens is 453 g/mol. The van der Waals surface area contributed by atoms with E-state index < -0.39 is 29.7 Å². The van der Waals surface area contributed by atoms with E-state index in [0.29, 0.717) is 17.3 Å². The second-order valence-corrected chi connectivity index (χ2v) is 7.24. The number of benzene rings is 2. The lowest BCUT2D eigenvalue weighted by molar-refractivity contribution is -0.138. The van der Waals surface area contributed by atoms with Crippen LogP contribution in [0, 0.1) is 6.92 Å². The number of urea groups is 1. The van der Waals surface area contributed by atoms with Gasteiger partial charge in [-0.25, -0.2) is 14.8 Å². The first-order valence-corrected chi connectivity index (χ1v) is 9.93. The van der Waals surface area contributed by atoms with Crippen molar-refractivity contribution in [1.82, 2.24) is 9.97 Å². The molecule has 1 heterocycles. The van der Waals surface area contributed by atoms with Crippen molar-refractivity contribution in [2.24, 2.45) is 5.73 Å². The van der Waals surface area contributed by atoms with Crippen LogP contribution in [0.1, 0.15) is 18.1 Å². The highest BCUT2D eigenvalue weighted by Gasteiger charge is 2.32. The fourth-order valence-electron chi connectivity index (χ4n) is 2.79. The Morgan fingerprint density at radius 1 is 1.00 bits per heavy atom. The number of nitrogens with two attached hydrogens (primary N) is 1. The molecule has 3 rings (SSSR count). The number of hydrogen-bond acceptors (Lipinski definition) is 6. The molecule has 0 saturated carbocycles. The molecule has 0 spiro atoms. The summed E-state index contributed by atoms with van der Waals surface area (Å²) >= 11 is 0. The SMILES string of the molecule is Cc1ccc(NC(=O)Nc2ccc(Oc3cc(N[C@H](C)C(N)=O)ncn3)cc2)cc1C(F)(F)F. The third-order valence-electron chi connectivity index (χ3n) is 4.57. The number of carbonyl (C=O) groups is 2. The van der Waals surface area contributed by atoms with Crippen LogP contribution >= 0.6 is 0 Å². The monoisotopic (exact) mass is 474 g/mol. The predicted molar refractivity (Wildman–Crippen MR) is 120 cm³/mol. The summed E-state index contributed by atoms with van der Waals surface area (Å²) in [4.78, 5) is 31.3. The van der Waals surface area contributed by atoms with Gasteiger partial charge in [-0.15, -0.1) is 0 Å². The minimum absolute atomic E-state index is 0.00853. The first-order chi connectivity index (χ1) is 16.0. The highest BCUT2D eigenvalue weighted by Crippen LogP contribution is 2.33. The average molecular weight is 474 g/mol. The van der Waals surface area contributed by atoms with Gasteiger partial charge >= 0.3 is 12.2 Å². The van der Waals surface area contributed by atoms with Gasteiger partial charge in [-0.2, -0.15) is 13.2 Å². The molecule has 1 aromatic heterocycles. The normalized spacial score (nSPS) is 11.9. The number of aromatic nitrogens is 2. The van der Waals surface area contributed by atoms with Crippen LogP contribution in [0.4, 0.5) is 35.2 Å². The molecule has 12 heteroatoms. The maximum Gasteiger partial charge on any atom is 0.416 e. The molecule has 0 fully saturated rings. The molecule has 0 aliphatic rings. The van der Waals surface area contributed by atoms with Gasteiger partial charge in [0.1, 0.15) is 23.9 Å². The molecule has 0 radical (unpaired) electrons. The zero-order chi connectivity index (χ0) is 24.9. The van der Waals surface area contributed by atoms with Gasteiger partial charge in [0.25, 0.3) is 0 Å². The van der Waals surface area contributed by atoms with Gasteiger partial charge in [0.15, 0.2) is 0 Å². The van der Waals surface area contributed by atoms with Gasteiger partial charge in [-0.3, -0.25) is 4.79 Å². The molecule has 9 nitrogen and oxygen atoms in total. The molecule has 3 aromatic rings. The fourth-order valence-corrected chi connectivity index (χ4v) is 2.79. The van der Waals surface area contributed by atoms with E-state index in [0.717, 1.165) is 6.07 Å². The molecule has 0 saturated heterocycles. The Balaban J connectivity index is 1.60. The number of amides is 3. The van der Waals surface area contributed by atoms with Crippen LogP contribution in [0.25, 0.3) is 0 Å². The lowest BCUT2D eigenvalue weighted by Gasteiger charge is -2.13. The Bertz CT molecular complexity index is 1190. The minimum atomic E-state index is -4.52. The summed E-state index contributed by atoms with van der Waals surface area (Å²) in [6.45, 7) is 2.93. The maximum atomic E-state index is 13.0. The third-order valence-corrected chi connectivity index (χ3v) is 4.57. The number of aryl methyl sites for hydroxylation is 1. The van der Waals surface area contributed by atoms with Gasteiger partial charge in [0.2, 0.25) is 11.8 Å². The van der Waals surface area contributed by atoms with Crippen molar-refractivity contribution >= 4 is 29.1 Å². The molecular formula is C22H21F3N6O3. The number of carbonyl (C=O) groups excluding carboxylic acids is 2. The maximum absolute atomic E-state index is 13.0. The number of alkyl halides is 3. The van der Waals surface area contributed by atoms with E-state index in [2.05, 4.69) is 25.9 Å². The molecule has 34 heavy (non-hydrogen) atoms. The summed E-state index contributed by atoms with van der Waals surface area (Å²) < 4.78 is 44.8. The van der Waals surface area contributed by atoms with Crippen LogP contribution in [0.2, 0.25) is 0 Å². The average Bonchev–Trinajstić information content (AvgIpc) is 2.76. The van der Waals surface area contributed by atoms with Gasteiger partial charge < -0.3 is 26.4 Å². The lowest BCUT2D eigenvalue weighted by atomic mass is 10.1. The largest absolute Gasteiger partial charge is 0.439 e. The Hall–Kier alpha value is -4.35. The first-order valence-electron chi connectivity index (χ1n) is 9.93. The minimum Gasteiger partial charge on any atom is -0.439 e. The number of nitrogens with one attached hydrogen (secondary N) is 3. The molecule has 0 bridgehead atoms. The van der Waals surface area contributed by atoms with Crippen LogP contribution in [-0.4, -0.2) is 27.9 Å². The van der Waals surface area contributed by atoms with E-state index in [1.54, 1.807) is 31.2 Å². The standard InChI is InChI=1S/C22H21F3N6O3/c1-12-3-4-15(9-17(12)22(23,24)25)31-21(33)30-14-5-7-16(8-6-14)34-19-10-18(27-11-28-19)29-13(2)20(26)32/h3-11,13H,1-2H3,(H2,26,32)(H,27,28,29)(H2,30,31,33)/t13-/m1/s1. The molecule has 178 valence electrons. The number of hydrogen-bond donors (Lipinski definition) is 4. The molecule has 1 atom stereocenters. The summed E-state index contributed by atoms with van der Waals surface area (Å²) in [5.41, 5.74) is 4.84. The van der Waals surface area contributed by atoms with Crippen molar-refractivity contribution in [3.63, 3.8) is 0 Å². The van der Waals surface area contributed by atoms with Crippen LogP contribution < -0.4 is 26.4 Å². The van der Waals surface area contributed by atoms with Crippen molar-refractivity contribution < 1.29 is 27.5 Å². The number of primary amides is 1. The summed E-state index contributed by atoms with van der Waals surface area (Å²) in [5.74, 6) is 0.395. The van der Waals surface area contributed by atoms with E-state index in [4.69, 9.17) is 10.5 Å². The van der Waals surface area contributed by atoms with Crippen molar-refractivity contribution in [1.29, 1.82) is 0 Å². The van der Waals surface area contributed by atoms with E-state index in [1.807, 2.05) is 0 Å². The van der Waals surface area contributed by atoms with E-state index in [9.17, 15) is 22.8 Å². The fraction of sp³-hybridized carbons (Fsp3) is 0.182. The quantitative estimate of drug-likeness (QED) is 0.398. The second kappa shape index (κ2) is 10.1. The van der Waals surface area contributed by atoms with E-state index >= 15 is 0 Å². The molecule has 0 aliphatic heterocycles. The van der Waals surface area contributed by atoms with Gasteiger partial charge in [0.05, 0.1) is 5.56 Å². The Kier molecular flexibility index (Phi) is 7.19. The van der Waals surface area contributed by atoms with Gasteiger partial charge in [0, 0.05) is 17.4 Å². The van der Waals surface area contributed by atoms with E-state index in [-0.39, 0.29) is 17.1 Å². The summed E-state index contributed by atoms with van der Waals surface area (Å²) in [6, 6.07) is 9.89. The number of halogens is 3. The highest BCUT2D eigenvalue weighted by atomic mass is 19.4. The smallest absolute Gasteiger partial charge is 0.416 e. The Labute approximate surface area is 192 Å². The number of anilines is 3. The van der Waals surface area contributed by atoms with Crippen molar-refractivity contribution in [2.45, 2.75) is 26.1 Å². The summed E-state index contributed by atoms with van der Waals surface area (Å²) in [7, 11) is 0. The topological polar surface area (TPSA) is 131 Å². The first kappa shape index (κ1) is 24.3. The zero-order valence-electron chi connectivity index (χ0n) is 18.1. The van der Waals surface area contributed by atoms with Crippen LogP contribution in [-0.2, 0) is 11.0 Å². The second-order valence-electron chi connectivity index (χ2n) is 7.24. The predicted octanol–water partition coefficient (Wildman–Crippen LogP) is 4.53. The van der Waals surface area contributed by atoms with Crippen molar-refractivity contribution in [2.75, 3.05) is 16.0 Å². The third kappa shape index (κ3) is 6.58. The Morgan fingerprint density at radius 3 is 2.29 bits per heavy atom. The van der Waals surface area contributed by atoms with Crippen LogP contribution in [0.15, 0.2) is 54.9 Å². The van der Waals surface area contributed by atoms with Crippen LogP contribution in [0.3, 0.4) is 0 Å². The van der Waals surface area contributed by atoms with Gasteiger partial charge in [-0.05, 0) is 55.8 Å². The number of rotatable bonds is 7. The molecule has 5 N–H and O–H groups in total. The molecule has 2 aromatic carbocycles. The summed E-state index contributed by atoms with van der Waals surface area (Å²) in [5, 5.41) is 7.72. The highest BCUT2D eigenvalue weighted by molar-refractivity contribution is 5.99.